The normalized spacial score (nSPS) is 22.3. The summed E-state index contributed by atoms with van der Waals surface area (Å²) in [6.45, 7) is 2.82. The summed E-state index contributed by atoms with van der Waals surface area (Å²) in [4.78, 5) is 16.6. The molecule has 2 aliphatic rings. The van der Waals surface area contributed by atoms with E-state index in [1.54, 1.807) is 13.0 Å². The number of amides is 1. The fourth-order valence-electron chi connectivity index (χ4n) is 4.87. The summed E-state index contributed by atoms with van der Waals surface area (Å²) in [6, 6.07) is 2.86. The molecular weight excluding hydrogens is 445 g/mol. The highest BCUT2D eigenvalue weighted by molar-refractivity contribution is 5.95. The lowest BCUT2D eigenvalue weighted by Crippen LogP contribution is -2.35. The van der Waals surface area contributed by atoms with Crippen molar-refractivity contribution in [1.82, 2.24) is 14.7 Å². The molecule has 1 saturated carbocycles. The van der Waals surface area contributed by atoms with Gasteiger partial charge in [0.2, 0.25) is 5.92 Å². The van der Waals surface area contributed by atoms with Crippen LogP contribution in [0.1, 0.15) is 72.4 Å². The molecule has 2 aromatic heterocycles. The molecule has 0 radical (unpaired) electrons. The summed E-state index contributed by atoms with van der Waals surface area (Å²) < 4.78 is 75.3. The fourth-order valence-corrected chi connectivity index (χ4v) is 4.87. The third-order valence-corrected chi connectivity index (χ3v) is 6.64. The van der Waals surface area contributed by atoms with Crippen LogP contribution in [0.2, 0.25) is 0 Å². The first-order chi connectivity index (χ1) is 15.5. The van der Waals surface area contributed by atoms with Crippen LogP contribution in [-0.4, -0.2) is 40.5 Å². The van der Waals surface area contributed by atoms with Gasteiger partial charge in [0.05, 0.1) is 5.69 Å². The van der Waals surface area contributed by atoms with E-state index in [1.165, 1.54) is 10.5 Å². The lowest BCUT2D eigenvalue weighted by atomic mass is 9.83. The number of alkyl halides is 5. The van der Waals surface area contributed by atoms with E-state index >= 15 is 0 Å². The first-order valence-corrected chi connectivity index (χ1v) is 11.4. The van der Waals surface area contributed by atoms with Crippen molar-refractivity contribution in [3.63, 3.8) is 0 Å². The molecule has 5 nitrogen and oxygen atoms in total. The second-order valence-corrected chi connectivity index (χ2v) is 9.20. The average Bonchev–Trinajstić information content (AvgIpc) is 2.91. The number of aryl methyl sites for hydroxylation is 1. The molecule has 33 heavy (non-hydrogen) atoms. The molecular formula is C23H28F5N3O2. The van der Waals surface area contributed by atoms with E-state index in [2.05, 4.69) is 10.3 Å². The number of hydrogen-bond acceptors (Lipinski definition) is 3. The third kappa shape index (κ3) is 5.47. The lowest BCUT2D eigenvalue weighted by Gasteiger charge is -2.28. The molecule has 1 saturated heterocycles. The van der Waals surface area contributed by atoms with Crippen LogP contribution < -0.4 is 5.32 Å². The van der Waals surface area contributed by atoms with E-state index < -0.39 is 17.8 Å². The van der Waals surface area contributed by atoms with Crippen molar-refractivity contribution in [3.8, 4) is 0 Å². The molecule has 1 amide bonds. The van der Waals surface area contributed by atoms with Gasteiger partial charge in [0.25, 0.3) is 5.91 Å². The molecule has 2 fully saturated rings. The number of ether oxygens (including phenoxy) is 1. The van der Waals surface area contributed by atoms with Gasteiger partial charge in [0.15, 0.2) is 5.69 Å². The Labute approximate surface area is 188 Å². The van der Waals surface area contributed by atoms with E-state index in [0.29, 0.717) is 25.3 Å². The molecule has 2 aromatic rings. The summed E-state index contributed by atoms with van der Waals surface area (Å²) >= 11 is 0. The predicted octanol–water partition coefficient (Wildman–Crippen LogP) is 5.33. The molecule has 3 heterocycles. The van der Waals surface area contributed by atoms with Crippen molar-refractivity contribution >= 4 is 11.6 Å². The topological polar surface area (TPSA) is 55.6 Å². The zero-order valence-electron chi connectivity index (χ0n) is 18.5. The number of imidazole rings is 1. The molecule has 0 spiro atoms. The Morgan fingerprint density at radius 2 is 1.91 bits per heavy atom. The number of hydrogen-bond donors (Lipinski definition) is 1. The van der Waals surface area contributed by atoms with Crippen molar-refractivity contribution in [1.29, 1.82) is 0 Å². The molecule has 1 unspecified atom stereocenters. The lowest BCUT2D eigenvalue weighted by molar-refractivity contribution is -0.141. The van der Waals surface area contributed by atoms with Crippen molar-refractivity contribution in [2.24, 2.45) is 5.92 Å². The van der Waals surface area contributed by atoms with Gasteiger partial charge in [-0.2, -0.15) is 13.2 Å². The van der Waals surface area contributed by atoms with E-state index in [1.807, 2.05) is 0 Å². The quantitative estimate of drug-likeness (QED) is 0.611. The van der Waals surface area contributed by atoms with Gasteiger partial charge in [-0.25, -0.2) is 13.8 Å². The second kappa shape index (κ2) is 9.19. The van der Waals surface area contributed by atoms with Crippen LogP contribution in [0.5, 0.6) is 0 Å². The maximum Gasteiger partial charge on any atom is 0.435 e. The van der Waals surface area contributed by atoms with Crippen LogP contribution in [0, 0.1) is 12.8 Å². The number of halogens is 5. The first kappa shape index (κ1) is 23.9. The van der Waals surface area contributed by atoms with Crippen LogP contribution >= 0.6 is 0 Å². The number of aromatic nitrogens is 2. The minimum absolute atomic E-state index is 0.0144. The molecule has 1 atom stereocenters. The van der Waals surface area contributed by atoms with Crippen LogP contribution in [0.25, 0.3) is 5.65 Å². The summed E-state index contributed by atoms with van der Waals surface area (Å²) in [5.74, 6) is -3.38. The maximum atomic E-state index is 13.8. The number of pyridine rings is 1. The first-order valence-electron chi connectivity index (χ1n) is 11.4. The van der Waals surface area contributed by atoms with Gasteiger partial charge in [-0.3, -0.25) is 4.79 Å². The average molecular weight is 473 g/mol. The van der Waals surface area contributed by atoms with Gasteiger partial charge >= 0.3 is 6.18 Å². The van der Waals surface area contributed by atoms with Gasteiger partial charge in [-0.15, -0.1) is 0 Å². The van der Waals surface area contributed by atoms with Crippen LogP contribution in [0.4, 0.5) is 22.0 Å². The summed E-state index contributed by atoms with van der Waals surface area (Å²) in [5, 5.41) is 2.94. The van der Waals surface area contributed by atoms with Gasteiger partial charge in [0.1, 0.15) is 5.65 Å². The molecule has 1 aliphatic heterocycles. The van der Waals surface area contributed by atoms with Gasteiger partial charge < -0.3 is 14.5 Å². The number of nitrogens with one attached hydrogen (secondary N) is 1. The van der Waals surface area contributed by atoms with Gasteiger partial charge in [0, 0.05) is 43.4 Å². The van der Waals surface area contributed by atoms with Crippen molar-refractivity contribution in [2.45, 2.75) is 76.4 Å². The molecule has 1 aliphatic carbocycles. The molecule has 182 valence electrons. The Morgan fingerprint density at radius 1 is 1.18 bits per heavy atom. The van der Waals surface area contributed by atoms with E-state index in [9.17, 15) is 26.7 Å². The Kier molecular flexibility index (Phi) is 6.66. The van der Waals surface area contributed by atoms with Crippen LogP contribution in [0.15, 0.2) is 12.1 Å². The van der Waals surface area contributed by atoms with Gasteiger partial charge in [-0.1, -0.05) is 0 Å². The van der Waals surface area contributed by atoms with Crippen LogP contribution in [-0.2, 0) is 17.3 Å². The third-order valence-electron chi connectivity index (χ3n) is 6.64. The minimum atomic E-state index is -4.69. The predicted molar refractivity (Wildman–Crippen MR) is 111 cm³/mol. The number of rotatable bonds is 4. The summed E-state index contributed by atoms with van der Waals surface area (Å²) in [5.41, 5.74) is -0.318. The highest BCUT2D eigenvalue weighted by atomic mass is 19.4. The van der Waals surface area contributed by atoms with Crippen molar-refractivity contribution < 1.29 is 31.5 Å². The smallest absolute Gasteiger partial charge is 0.381 e. The number of fused-ring (bicyclic) bond motifs is 1. The summed E-state index contributed by atoms with van der Waals surface area (Å²) in [7, 11) is 0. The zero-order valence-corrected chi connectivity index (χ0v) is 18.5. The number of nitrogens with zero attached hydrogens (tertiary/aromatic N) is 2. The molecule has 0 aromatic carbocycles. The molecule has 0 bridgehead atoms. The number of carbonyl (C=O) groups is 1. The maximum absolute atomic E-state index is 13.8. The largest absolute Gasteiger partial charge is 0.435 e. The second-order valence-electron chi connectivity index (χ2n) is 9.20. The van der Waals surface area contributed by atoms with Crippen molar-refractivity contribution in [3.05, 3.63) is 34.8 Å². The Morgan fingerprint density at radius 3 is 2.61 bits per heavy atom. The van der Waals surface area contributed by atoms with Gasteiger partial charge in [-0.05, 0) is 63.5 Å². The highest BCUT2D eigenvalue weighted by Crippen LogP contribution is 2.40. The Balaban J connectivity index is 1.63. The SMILES string of the molecule is Cc1cc(C(=O)NC2CCCOCC2)cc2nc(C(F)(F)F)c(CC3CCC(F)(F)CC3)n12. The summed E-state index contributed by atoms with van der Waals surface area (Å²) in [6.07, 6.45) is -2.68. The molecule has 1 N–H and O–H groups in total. The van der Waals surface area contributed by atoms with E-state index in [0.717, 1.165) is 12.8 Å². The highest BCUT2D eigenvalue weighted by Gasteiger charge is 2.40. The molecule has 4 rings (SSSR count). The zero-order chi connectivity index (χ0) is 23.8. The Bertz CT molecular complexity index is 1000. The van der Waals surface area contributed by atoms with E-state index in [-0.39, 0.29) is 66.9 Å². The Hall–Kier alpha value is -2.23. The van der Waals surface area contributed by atoms with E-state index in [4.69, 9.17) is 4.74 Å². The van der Waals surface area contributed by atoms with Crippen molar-refractivity contribution in [2.75, 3.05) is 13.2 Å². The monoisotopic (exact) mass is 473 g/mol. The molecule has 10 heteroatoms. The number of carbonyl (C=O) groups excluding carboxylic acids is 1. The fraction of sp³-hybridized carbons (Fsp3) is 0.652. The standard InChI is InChI=1S/C23H28F5N3O2/c1-14-11-16(21(32)29-17-3-2-9-33-10-6-17)13-19-30-20(23(26,27)28)18(31(14)19)12-15-4-7-22(24,25)8-5-15/h11,13,15,17H,2-10,12H2,1H3,(H,29,32). The minimum Gasteiger partial charge on any atom is -0.381 e. The van der Waals surface area contributed by atoms with Crippen LogP contribution in [0.3, 0.4) is 0 Å².